The lowest BCUT2D eigenvalue weighted by Crippen LogP contribution is -2.15. The standard InChI is InChI=1S/C51H34N2O.C45H30N2O.C43H25NO2/c1-51(2)44-28-35(16-19-38(44)39-20-17-36(29-45(39)51)33-24-26-52-27-25-33)31-12-14-32(15-13-31)37-18-21-42-46(30-37)53-49(34-8-4-3-5-9-34)43-23-22-41-40-10-6-7-11-47(40)54-50(41)48(42)43;1-45(2)38-24-29(27-20-22-46-23-21-27)12-15-32(38)33-16-13-30(25-39(33)45)31-14-17-36-40(26-31)47-43(28-8-4-3-5-9-28)37-19-18-35-34-10-6-7-11-41(34)48-44(35)42(36)37;1-2-9-28(10-3-1)41-36-24-23-34-32-12-5-7-16-39(32)46-43(34)40(36)35-22-21-29(25-37(35)44-41)26-17-19-27(20-18-26)30-13-8-14-33-31-11-4-6-15-38(31)45-42(30)33/h3-30H,1-2H3;3-26H,1-2H3;1-25H. The highest BCUT2D eigenvalue weighted by Gasteiger charge is 2.38. The van der Waals surface area contributed by atoms with Gasteiger partial charge < -0.3 is 17.7 Å². The summed E-state index contributed by atoms with van der Waals surface area (Å²) in [7, 11) is 0. The Morgan fingerprint density at radius 2 is 0.399 bits per heavy atom. The number of hydrogen-bond acceptors (Lipinski definition) is 9. The first-order valence-electron chi connectivity index (χ1n) is 50.6. The van der Waals surface area contributed by atoms with Gasteiger partial charge in [0.15, 0.2) is 0 Å². The average molecular weight is 1890 g/mol. The van der Waals surface area contributed by atoms with Crippen molar-refractivity contribution in [3.8, 4) is 134 Å². The van der Waals surface area contributed by atoms with Crippen molar-refractivity contribution < 1.29 is 17.7 Å². The molecule has 0 bridgehead atoms. The maximum Gasteiger partial charge on any atom is 0.144 e. The van der Waals surface area contributed by atoms with Gasteiger partial charge in [-0.3, -0.25) is 9.97 Å². The van der Waals surface area contributed by atoms with Gasteiger partial charge in [-0.15, -0.1) is 0 Å². The Bertz CT molecular complexity index is 10500. The molecule has 2 aliphatic carbocycles. The maximum atomic E-state index is 6.59. The monoisotopic (exact) mass is 1890 g/mol. The molecule has 31 rings (SSSR count). The van der Waals surface area contributed by atoms with Crippen LogP contribution in [0.5, 0.6) is 0 Å². The van der Waals surface area contributed by atoms with Crippen LogP contribution in [0.4, 0.5) is 0 Å². The first-order chi connectivity index (χ1) is 72.8. The highest BCUT2D eigenvalue weighted by molar-refractivity contribution is 6.28. The number of hydrogen-bond donors (Lipinski definition) is 0. The van der Waals surface area contributed by atoms with Gasteiger partial charge >= 0.3 is 0 Å². The Hall–Kier alpha value is -19.1. The van der Waals surface area contributed by atoms with Gasteiger partial charge in [-0.05, 0) is 226 Å². The van der Waals surface area contributed by atoms with E-state index in [0.29, 0.717) is 0 Å². The number of nitrogens with zero attached hydrogens (tertiary/aromatic N) is 5. The Morgan fingerprint density at radius 1 is 0.162 bits per heavy atom. The largest absolute Gasteiger partial charge is 0.455 e. The van der Waals surface area contributed by atoms with Crippen LogP contribution in [0.2, 0.25) is 0 Å². The minimum atomic E-state index is -0.137. The number of furan rings is 4. The summed E-state index contributed by atoms with van der Waals surface area (Å²) >= 11 is 0. The van der Waals surface area contributed by atoms with Crippen molar-refractivity contribution in [2.75, 3.05) is 0 Å². The lowest BCUT2D eigenvalue weighted by Gasteiger charge is -2.22. The average Bonchev–Trinajstić information content (AvgIpc) is 1.56. The topological polar surface area (TPSA) is 117 Å². The summed E-state index contributed by atoms with van der Waals surface area (Å²) in [4.78, 5) is 24.4. The molecule has 2 aliphatic rings. The summed E-state index contributed by atoms with van der Waals surface area (Å²) < 4.78 is 26.0. The minimum absolute atomic E-state index is 0.113. The molecule has 0 N–H and O–H groups in total. The summed E-state index contributed by atoms with van der Waals surface area (Å²) in [5.41, 5.74) is 43.0. The second-order valence-corrected chi connectivity index (χ2v) is 40.3. The Kier molecular flexibility index (Phi) is 19.6. The van der Waals surface area contributed by atoms with Gasteiger partial charge in [-0.25, -0.2) is 15.0 Å². The molecule has 694 valence electrons. The van der Waals surface area contributed by atoms with Crippen molar-refractivity contribution in [3.63, 3.8) is 0 Å². The summed E-state index contributed by atoms with van der Waals surface area (Å²) in [6.45, 7) is 9.38. The van der Waals surface area contributed by atoms with Gasteiger partial charge in [-0.1, -0.05) is 361 Å². The lowest BCUT2D eigenvalue weighted by molar-refractivity contribution is 0.660. The van der Waals surface area contributed by atoms with Crippen LogP contribution in [0.25, 0.3) is 287 Å². The third-order valence-corrected chi connectivity index (χ3v) is 31.2. The quantitative estimate of drug-likeness (QED) is 0.123. The highest BCUT2D eigenvalue weighted by atomic mass is 16.3. The van der Waals surface area contributed by atoms with E-state index in [-0.39, 0.29) is 10.8 Å². The molecule has 0 aliphatic heterocycles. The van der Waals surface area contributed by atoms with E-state index in [1.54, 1.807) is 0 Å². The molecule has 0 fully saturated rings. The molecule has 0 amide bonds. The van der Waals surface area contributed by atoms with E-state index in [1.807, 2.05) is 79.4 Å². The summed E-state index contributed by atoms with van der Waals surface area (Å²) in [6.07, 6.45) is 7.44. The first kappa shape index (κ1) is 85.7. The smallest absolute Gasteiger partial charge is 0.144 e. The number of para-hydroxylation sites is 5. The summed E-state index contributed by atoms with van der Waals surface area (Å²) in [6, 6.07) is 158. The molecule has 148 heavy (non-hydrogen) atoms. The fourth-order valence-electron chi connectivity index (χ4n) is 23.8. The zero-order valence-electron chi connectivity index (χ0n) is 81.3. The van der Waals surface area contributed by atoms with Crippen LogP contribution in [0.1, 0.15) is 49.9 Å². The van der Waals surface area contributed by atoms with E-state index in [9.17, 15) is 0 Å². The van der Waals surface area contributed by atoms with Crippen molar-refractivity contribution in [2.45, 2.75) is 38.5 Å². The molecule has 9 heterocycles. The molecule has 9 aromatic heterocycles. The van der Waals surface area contributed by atoms with Gasteiger partial charge in [-0.2, -0.15) is 0 Å². The zero-order chi connectivity index (χ0) is 98.1. The van der Waals surface area contributed by atoms with Gasteiger partial charge in [0, 0.05) is 149 Å². The van der Waals surface area contributed by atoms with Crippen molar-refractivity contribution in [3.05, 3.63) is 490 Å². The maximum absolute atomic E-state index is 6.59. The number of rotatable bonds is 10. The van der Waals surface area contributed by atoms with Crippen LogP contribution in [0.15, 0.2) is 485 Å². The number of benzene rings is 20. The molecule has 20 aromatic carbocycles. The van der Waals surface area contributed by atoms with Gasteiger partial charge in [0.25, 0.3) is 0 Å². The molecular weight excluding hydrogens is 1800 g/mol. The van der Waals surface area contributed by atoms with Crippen molar-refractivity contribution in [1.29, 1.82) is 0 Å². The van der Waals surface area contributed by atoms with Crippen LogP contribution in [0, 0.1) is 0 Å². The predicted octanol–water partition coefficient (Wildman–Crippen LogP) is 37.8. The van der Waals surface area contributed by atoms with Crippen molar-refractivity contribution in [2.24, 2.45) is 0 Å². The lowest BCUT2D eigenvalue weighted by atomic mass is 9.81. The fourth-order valence-corrected chi connectivity index (χ4v) is 23.8. The molecule has 0 radical (unpaired) electrons. The van der Waals surface area contributed by atoms with E-state index in [0.717, 1.165) is 225 Å². The summed E-state index contributed by atoms with van der Waals surface area (Å²) in [5, 5.41) is 18.9. The van der Waals surface area contributed by atoms with Gasteiger partial charge in [0.2, 0.25) is 0 Å². The normalized spacial score (nSPS) is 12.8. The number of pyridine rings is 5. The third-order valence-electron chi connectivity index (χ3n) is 31.2. The minimum Gasteiger partial charge on any atom is -0.455 e. The fraction of sp³-hybridized carbons (Fsp3) is 0.0432. The molecular formula is C139H89N5O4. The Balaban J connectivity index is 0.000000105. The molecule has 0 saturated heterocycles. The van der Waals surface area contributed by atoms with Gasteiger partial charge in [0.1, 0.15) is 44.7 Å². The van der Waals surface area contributed by atoms with Crippen molar-refractivity contribution in [1.82, 2.24) is 24.9 Å². The second-order valence-electron chi connectivity index (χ2n) is 40.3. The van der Waals surface area contributed by atoms with Gasteiger partial charge in [0.05, 0.1) is 33.6 Å². The highest BCUT2D eigenvalue weighted by Crippen LogP contribution is 2.55. The van der Waals surface area contributed by atoms with Crippen molar-refractivity contribution >= 4 is 153 Å². The van der Waals surface area contributed by atoms with E-state index >= 15 is 0 Å². The van der Waals surface area contributed by atoms with Crippen LogP contribution < -0.4 is 0 Å². The van der Waals surface area contributed by atoms with E-state index in [1.165, 1.54) is 83.5 Å². The Morgan fingerprint density at radius 3 is 0.730 bits per heavy atom. The molecule has 0 unspecified atom stereocenters. The zero-order valence-corrected chi connectivity index (χ0v) is 81.3. The Labute approximate surface area is 851 Å². The molecule has 0 atom stereocenters. The SMILES string of the molecule is CC1(C)c2cc(-c3ccncc3)ccc2-c2ccc(-c3ccc(-c4ccc5c(c4)nc(-c4ccccc4)c4ccc6c7ccccc7oc6c45)cc3)cc21.CC1(C)c2cc(-c3ccncc3)ccc2-c2ccc(-c3ccc4c(c3)nc(-c3ccccc3)c3ccc5c6ccccc6oc5c34)cc21.c1ccc(-c2nc3cc(-c4ccc(-c5cccc6c5oc5ccccc56)cc4)ccc3c3c2ccc2c4ccccc4oc23)cc1. The van der Waals surface area contributed by atoms with E-state index < -0.39 is 0 Å². The number of aromatic nitrogens is 5. The summed E-state index contributed by atoms with van der Waals surface area (Å²) in [5.74, 6) is 0. The molecule has 29 aromatic rings. The van der Waals surface area contributed by atoms with Crippen LogP contribution in [-0.4, -0.2) is 24.9 Å². The van der Waals surface area contributed by atoms with Crippen LogP contribution in [0.3, 0.4) is 0 Å². The predicted molar refractivity (Wildman–Crippen MR) is 612 cm³/mol. The first-order valence-corrected chi connectivity index (χ1v) is 50.6. The molecule has 9 nitrogen and oxygen atoms in total. The second kappa shape index (κ2) is 33.8. The van der Waals surface area contributed by atoms with E-state index in [2.05, 4.69) is 426 Å². The molecule has 9 heteroatoms. The third kappa shape index (κ3) is 13.9. The molecule has 0 saturated carbocycles. The number of fused-ring (bicyclic) bond motifs is 30. The molecule has 0 spiro atoms. The van der Waals surface area contributed by atoms with Crippen LogP contribution >= 0.6 is 0 Å². The van der Waals surface area contributed by atoms with E-state index in [4.69, 9.17) is 32.6 Å². The van der Waals surface area contributed by atoms with Crippen LogP contribution in [-0.2, 0) is 10.8 Å².